The molecule has 1 aliphatic rings. The molecule has 0 saturated carbocycles. The highest BCUT2D eigenvalue weighted by Gasteiger charge is 2.27. The van der Waals surface area contributed by atoms with Gasteiger partial charge in [0.1, 0.15) is 5.82 Å². The number of carbonyl (C=O) groups is 1. The molecule has 2 aromatic heterocycles. The van der Waals surface area contributed by atoms with Crippen LogP contribution in [0.3, 0.4) is 0 Å². The number of H-pyrrole nitrogens is 1. The number of rotatable bonds is 3. The topological polar surface area (TPSA) is 66.8 Å². The first-order chi connectivity index (χ1) is 10.2. The van der Waals surface area contributed by atoms with Gasteiger partial charge in [0.05, 0.1) is 17.8 Å². The zero-order valence-corrected chi connectivity index (χ0v) is 12.5. The lowest BCUT2D eigenvalue weighted by molar-refractivity contribution is 0.0677. The van der Waals surface area contributed by atoms with Gasteiger partial charge in [-0.25, -0.2) is 4.98 Å². The Morgan fingerprint density at radius 3 is 3.10 bits per heavy atom. The minimum Gasteiger partial charge on any atom is -0.336 e. The Labute approximate surface area is 124 Å². The number of aromatic nitrogens is 4. The summed E-state index contributed by atoms with van der Waals surface area (Å²) in [5, 5.41) is 6.91. The Morgan fingerprint density at radius 2 is 2.38 bits per heavy atom. The normalized spacial score (nSPS) is 19.0. The molecule has 1 N–H and O–H groups in total. The Hall–Kier alpha value is -2.11. The number of amides is 1. The third kappa shape index (κ3) is 2.57. The minimum absolute atomic E-state index is 0.0862. The number of nitrogens with zero attached hydrogens (tertiary/aromatic N) is 4. The zero-order valence-electron chi connectivity index (χ0n) is 12.5. The van der Waals surface area contributed by atoms with E-state index in [9.17, 15) is 4.79 Å². The van der Waals surface area contributed by atoms with E-state index in [1.54, 1.807) is 6.20 Å². The van der Waals surface area contributed by atoms with Gasteiger partial charge < -0.3 is 9.47 Å². The van der Waals surface area contributed by atoms with Crippen molar-refractivity contribution in [2.24, 2.45) is 0 Å². The van der Waals surface area contributed by atoms with E-state index in [-0.39, 0.29) is 5.91 Å². The number of carbonyl (C=O) groups excluding carboxylic acids is 1. The Bertz CT molecular complexity index is 630. The molecule has 6 heteroatoms. The molecule has 0 unspecified atom stereocenters. The molecule has 1 atom stereocenters. The lowest BCUT2D eigenvalue weighted by Gasteiger charge is -2.34. The van der Waals surface area contributed by atoms with Crippen LogP contribution in [0.25, 0.3) is 0 Å². The van der Waals surface area contributed by atoms with Crippen LogP contribution in [0, 0.1) is 6.92 Å². The highest BCUT2D eigenvalue weighted by atomic mass is 16.2. The smallest absolute Gasteiger partial charge is 0.257 e. The number of imidazole rings is 1. The van der Waals surface area contributed by atoms with Crippen molar-refractivity contribution < 1.29 is 4.79 Å². The Kier molecular flexibility index (Phi) is 3.77. The fraction of sp³-hybridized carbons (Fsp3) is 0.533. The van der Waals surface area contributed by atoms with Crippen LogP contribution >= 0.6 is 0 Å². The van der Waals surface area contributed by atoms with Crippen molar-refractivity contribution in [3.63, 3.8) is 0 Å². The molecule has 1 fully saturated rings. The number of aromatic amines is 1. The highest BCUT2D eigenvalue weighted by molar-refractivity contribution is 5.95. The molecule has 1 saturated heterocycles. The van der Waals surface area contributed by atoms with Crippen molar-refractivity contribution >= 4 is 5.91 Å². The molecule has 1 aliphatic heterocycles. The molecule has 112 valence electrons. The second-order valence-corrected chi connectivity index (χ2v) is 5.54. The number of nitrogens with one attached hydrogen (secondary N) is 1. The molecule has 3 rings (SSSR count). The summed E-state index contributed by atoms with van der Waals surface area (Å²) in [5.41, 5.74) is 1.63. The molecule has 6 nitrogen and oxygen atoms in total. The van der Waals surface area contributed by atoms with E-state index >= 15 is 0 Å². The second-order valence-electron chi connectivity index (χ2n) is 5.54. The number of hydrogen-bond acceptors (Lipinski definition) is 3. The van der Waals surface area contributed by atoms with Crippen molar-refractivity contribution in [1.82, 2.24) is 24.6 Å². The fourth-order valence-corrected chi connectivity index (χ4v) is 3.08. The molecular formula is C15H21N5O. The first-order valence-corrected chi connectivity index (χ1v) is 7.51. The van der Waals surface area contributed by atoms with Gasteiger partial charge in [-0.2, -0.15) is 5.10 Å². The number of piperidine rings is 1. The third-order valence-corrected chi connectivity index (χ3v) is 4.24. The van der Waals surface area contributed by atoms with Crippen molar-refractivity contribution in [2.75, 3.05) is 13.1 Å². The molecule has 2 aromatic rings. The number of aryl methyl sites for hydroxylation is 2. The van der Waals surface area contributed by atoms with Crippen molar-refractivity contribution in [3.05, 3.63) is 35.7 Å². The number of hydrogen-bond donors (Lipinski definition) is 1. The summed E-state index contributed by atoms with van der Waals surface area (Å²) >= 11 is 0. The molecule has 21 heavy (non-hydrogen) atoms. The SMILES string of the molecule is CCc1[nH]ncc1C(=O)N1CCC[C@H](n2ccnc2C)C1. The Morgan fingerprint density at radius 1 is 1.52 bits per heavy atom. The molecule has 0 bridgehead atoms. The van der Waals surface area contributed by atoms with Gasteiger partial charge in [0, 0.05) is 31.2 Å². The van der Waals surface area contributed by atoms with E-state index < -0.39 is 0 Å². The summed E-state index contributed by atoms with van der Waals surface area (Å²) in [4.78, 5) is 18.9. The molecule has 3 heterocycles. The standard InChI is InChI=1S/C15H21N5O/c1-3-14-13(9-17-18-14)15(21)19-7-4-5-12(10-19)20-8-6-16-11(20)2/h6,8-9,12H,3-5,7,10H2,1-2H3,(H,17,18)/t12-/m0/s1. The van der Waals surface area contributed by atoms with Crippen LogP contribution in [0.15, 0.2) is 18.6 Å². The largest absolute Gasteiger partial charge is 0.336 e. The van der Waals surface area contributed by atoms with Crippen LogP contribution in [0.2, 0.25) is 0 Å². The highest BCUT2D eigenvalue weighted by Crippen LogP contribution is 2.24. The van der Waals surface area contributed by atoms with Gasteiger partial charge in [0.25, 0.3) is 5.91 Å². The van der Waals surface area contributed by atoms with Gasteiger partial charge in [-0.05, 0) is 26.2 Å². The van der Waals surface area contributed by atoms with Crippen LogP contribution < -0.4 is 0 Å². The minimum atomic E-state index is 0.0862. The quantitative estimate of drug-likeness (QED) is 0.938. The molecular weight excluding hydrogens is 266 g/mol. The summed E-state index contributed by atoms with van der Waals surface area (Å²) in [6.07, 6.45) is 8.37. The second kappa shape index (κ2) is 5.71. The molecule has 0 radical (unpaired) electrons. The van der Waals surface area contributed by atoms with Crippen molar-refractivity contribution in [1.29, 1.82) is 0 Å². The van der Waals surface area contributed by atoms with E-state index in [2.05, 4.69) is 19.7 Å². The predicted molar refractivity (Wildman–Crippen MR) is 79.1 cm³/mol. The maximum atomic E-state index is 12.7. The average molecular weight is 287 g/mol. The van der Waals surface area contributed by atoms with Crippen LogP contribution in [-0.4, -0.2) is 43.6 Å². The molecule has 0 aromatic carbocycles. The lowest BCUT2D eigenvalue weighted by Crippen LogP contribution is -2.41. The average Bonchev–Trinajstić information content (AvgIpc) is 3.15. The van der Waals surface area contributed by atoms with Crippen molar-refractivity contribution in [3.8, 4) is 0 Å². The first-order valence-electron chi connectivity index (χ1n) is 7.51. The summed E-state index contributed by atoms with van der Waals surface area (Å²) in [7, 11) is 0. The van der Waals surface area contributed by atoms with Crippen LogP contribution in [0.4, 0.5) is 0 Å². The summed E-state index contributed by atoms with van der Waals surface area (Å²) in [6.45, 7) is 5.59. The van der Waals surface area contributed by atoms with E-state index in [0.29, 0.717) is 11.6 Å². The summed E-state index contributed by atoms with van der Waals surface area (Å²) in [6, 6.07) is 0.321. The van der Waals surface area contributed by atoms with E-state index in [0.717, 1.165) is 43.9 Å². The van der Waals surface area contributed by atoms with Gasteiger partial charge in [-0.1, -0.05) is 6.92 Å². The van der Waals surface area contributed by atoms with E-state index in [1.165, 1.54) is 0 Å². The molecule has 0 aliphatic carbocycles. The summed E-state index contributed by atoms with van der Waals surface area (Å²) in [5.74, 6) is 1.09. The molecule has 0 spiro atoms. The zero-order chi connectivity index (χ0) is 14.8. The first kappa shape index (κ1) is 13.9. The van der Waals surface area contributed by atoms with Crippen molar-refractivity contribution in [2.45, 2.75) is 39.2 Å². The lowest BCUT2D eigenvalue weighted by atomic mass is 10.0. The van der Waals surface area contributed by atoms with Crippen LogP contribution in [0.1, 0.15) is 47.7 Å². The van der Waals surface area contributed by atoms with Gasteiger partial charge in [0.2, 0.25) is 0 Å². The maximum absolute atomic E-state index is 12.7. The Balaban J connectivity index is 1.77. The molecule has 1 amide bonds. The third-order valence-electron chi connectivity index (χ3n) is 4.24. The van der Waals surface area contributed by atoms with Crippen LogP contribution in [-0.2, 0) is 6.42 Å². The predicted octanol–water partition coefficient (Wildman–Crippen LogP) is 1.95. The monoisotopic (exact) mass is 287 g/mol. The summed E-state index contributed by atoms with van der Waals surface area (Å²) < 4.78 is 2.18. The van der Waals surface area contributed by atoms with Gasteiger partial charge in [-0.3, -0.25) is 9.89 Å². The fourth-order valence-electron chi connectivity index (χ4n) is 3.08. The van der Waals surface area contributed by atoms with E-state index in [4.69, 9.17) is 0 Å². The van der Waals surface area contributed by atoms with Gasteiger partial charge in [0.15, 0.2) is 0 Å². The van der Waals surface area contributed by atoms with Gasteiger partial charge in [-0.15, -0.1) is 0 Å². The maximum Gasteiger partial charge on any atom is 0.257 e. The van der Waals surface area contributed by atoms with Crippen LogP contribution in [0.5, 0.6) is 0 Å². The number of likely N-dealkylation sites (tertiary alicyclic amines) is 1. The van der Waals surface area contributed by atoms with E-state index in [1.807, 2.05) is 31.1 Å². The van der Waals surface area contributed by atoms with Gasteiger partial charge >= 0.3 is 0 Å².